The third-order valence-corrected chi connectivity index (χ3v) is 7.14. The molecule has 4 aromatic rings. The number of hydrogen-bond acceptors (Lipinski definition) is 9. The Labute approximate surface area is 200 Å². The summed E-state index contributed by atoms with van der Waals surface area (Å²) in [5.41, 5.74) is 6.33. The maximum Gasteiger partial charge on any atom is 0.238 e. The SMILES string of the molecule is COc1nc(-c2csc(N3C/C(=N\O)Cn4nc5c(c43)CCCC5)n2)ccc1-n1cnc(C)c1. The lowest BCUT2D eigenvalue weighted by Gasteiger charge is -2.29. The van der Waals surface area contributed by atoms with E-state index in [0.717, 1.165) is 65.1 Å². The molecule has 10 nitrogen and oxygen atoms in total. The predicted octanol–water partition coefficient (Wildman–Crippen LogP) is 3.77. The number of aromatic nitrogens is 6. The van der Waals surface area contributed by atoms with Gasteiger partial charge in [-0.1, -0.05) is 5.16 Å². The highest BCUT2D eigenvalue weighted by atomic mass is 32.1. The van der Waals surface area contributed by atoms with Gasteiger partial charge >= 0.3 is 0 Å². The van der Waals surface area contributed by atoms with Crippen LogP contribution in [-0.2, 0) is 19.4 Å². The molecular formula is C23H24N8O2S. The average Bonchev–Trinajstić information content (AvgIpc) is 3.61. The van der Waals surface area contributed by atoms with Gasteiger partial charge in [0.2, 0.25) is 5.88 Å². The van der Waals surface area contributed by atoms with E-state index >= 15 is 0 Å². The largest absolute Gasteiger partial charge is 0.479 e. The maximum absolute atomic E-state index is 9.52. The summed E-state index contributed by atoms with van der Waals surface area (Å²) in [5, 5.41) is 20.7. The first-order chi connectivity index (χ1) is 16.6. The highest BCUT2D eigenvalue weighted by Gasteiger charge is 2.32. The Hall–Kier alpha value is -3.73. The van der Waals surface area contributed by atoms with Crippen molar-refractivity contribution in [1.82, 2.24) is 29.3 Å². The van der Waals surface area contributed by atoms with Crippen LogP contribution in [0.1, 0.15) is 29.8 Å². The molecule has 34 heavy (non-hydrogen) atoms. The standard InChI is InChI=1S/C23H24N8O2S/c1-14-9-29(13-24-14)20-8-7-18(25-21(20)33-2)19-12-34-23(26-19)30-10-15(28-32)11-31-22(30)16-5-3-4-6-17(16)27-31/h7-9,12-13,32H,3-6,10-11H2,1-2H3/b28-15+. The molecule has 4 aromatic heterocycles. The van der Waals surface area contributed by atoms with Crippen LogP contribution in [0.15, 0.2) is 35.2 Å². The number of fused-ring (bicyclic) bond motifs is 3. The Morgan fingerprint density at radius 2 is 2.00 bits per heavy atom. The molecule has 0 saturated carbocycles. The molecule has 0 radical (unpaired) electrons. The van der Waals surface area contributed by atoms with E-state index in [4.69, 9.17) is 19.8 Å². The van der Waals surface area contributed by atoms with Crippen molar-refractivity contribution < 1.29 is 9.94 Å². The van der Waals surface area contributed by atoms with E-state index in [0.29, 0.717) is 24.7 Å². The predicted molar refractivity (Wildman–Crippen MR) is 129 cm³/mol. The molecule has 0 spiro atoms. The zero-order chi connectivity index (χ0) is 23.2. The van der Waals surface area contributed by atoms with Crippen LogP contribution in [-0.4, -0.2) is 53.9 Å². The lowest BCUT2D eigenvalue weighted by molar-refractivity contribution is 0.315. The van der Waals surface area contributed by atoms with E-state index in [1.807, 2.05) is 39.9 Å². The molecule has 1 aliphatic heterocycles. The van der Waals surface area contributed by atoms with Gasteiger partial charge in [0.1, 0.15) is 17.2 Å². The minimum absolute atomic E-state index is 0.483. The Morgan fingerprint density at radius 3 is 2.79 bits per heavy atom. The van der Waals surface area contributed by atoms with Gasteiger partial charge in [-0.15, -0.1) is 11.3 Å². The Bertz CT molecular complexity index is 1400. The molecule has 1 aliphatic carbocycles. The maximum atomic E-state index is 9.52. The van der Waals surface area contributed by atoms with Crippen molar-refractivity contribution >= 4 is 28.0 Å². The fraction of sp³-hybridized carbons (Fsp3) is 0.348. The van der Waals surface area contributed by atoms with E-state index in [1.54, 1.807) is 13.4 Å². The molecule has 1 N–H and O–H groups in total. The lowest BCUT2D eigenvalue weighted by atomic mass is 9.97. The molecule has 0 bridgehead atoms. The Morgan fingerprint density at radius 1 is 1.12 bits per heavy atom. The Balaban J connectivity index is 1.37. The summed E-state index contributed by atoms with van der Waals surface area (Å²) < 4.78 is 9.42. The number of thiazole rings is 1. The summed E-state index contributed by atoms with van der Waals surface area (Å²) in [7, 11) is 1.61. The zero-order valence-corrected chi connectivity index (χ0v) is 19.8. The van der Waals surface area contributed by atoms with E-state index < -0.39 is 0 Å². The van der Waals surface area contributed by atoms with Crippen molar-refractivity contribution in [2.24, 2.45) is 5.16 Å². The molecule has 0 fully saturated rings. The van der Waals surface area contributed by atoms with E-state index in [-0.39, 0.29) is 0 Å². The monoisotopic (exact) mass is 476 g/mol. The topological polar surface area (TPSA) is 106 Å². The van der Waals surface area contributed by atoms with Crippen LogP contribution in [0.4, 0.5) is 10.9 Å². The number of ether oxygens (including phenoxy) is 1. The van der Waals surface area contributed by atoms with Crippen molar-refractivity contribution in [3.05, 3.63) is 47.0 Å². The molecule has 11 heteroatoms. The molecule has 0 unspecified atom stereocenters. The third-order valence-electron chi connectivity index (χ3n) is 6.27. The number of imidazole rings is 1. The number of rotatable bonds is 4. The first-order valence-corrected chi connectivity index (χ1v) is 12.1. The summed E-state index contributed by atoms with van der Waals surface area (Å²) in [4.78, 5) is 16.0. The van der Waals surface area contributed by atoms with Gasteiger partial charge in [0.05, 0.1) is 49.3 Å². The highest BCUT2D eigenvalue weighted by molar-refractivity contribution is 7.14. The summed E-state index contributed by atoms with van der Waals surface area (Å²) in [6, 6.07) is 3.90. The van der Waals surface area contributed by atoms with Gasteiger partial charge in [0.15, 0.2) is 5.13 Å². The van der Waals surface area contributed by atoms with Crippen LogP contribution < -0.4 is 9.64 Å². The average molecular weight is 477 g/mol. The second-order valence-corrected chi connectivity index (χ2v) is 9.37. The molecular weight excluding hydrogens is 452 g/mol. The molecule has 0 atom stereocenters. The molecule has 2 aliphatic rings. The van der Waals surface area contributed by atoms with E-state index in [9.17, 15) is 5.21 Å². The minimum Gasteiger partial charge on any atom is -0.479 e. The number of methoxy groups -OCH3 is 1. The number of aryl methyl sites for hydroxylation is 2. The van der Waals surface area contributed by atoms with Gasteiger partial charge in [-0.3, -0.25) is 4.90 Å². The quantitative estimate of drug-likeness (QED) is 0.353. The minimum atomic E-state index is 0.483. The lowest BCUT2D eigenvalue weighted by Crippen LogP contribution is -2.36. The second kappa shape index (κ2) is 8.24. The smallest absolute Gasteiger partial charge is 0.238 e. The van der Waals surface area contributed by atoms with Gasteiger partial charge in [-0.05, 0) is 44.7 Å². The van der Waals surface area contributed by atoms with Crippen molar-refractivity contribution in [2.45, 2.75) is 39.2 Å². The van der Waals surface area contributed by atoms with Crippen LogP contribution in [0.2, 0.25) is 0 Å². The van der Waals surface area contributed by atoms with Gasteiger partial charge < -0.3 is 14.5 Å². The number of anilines is 2. The first-order valence-electron chi connectivity index (χ1n) is 11.2. The van der Waals surface area contributed by atoms with Crippen LogP contribution in [0.3, 0.4) is 0 Å². The third kappa shape index (κ3) is 3.43. The van der Waals surface area contributed by atoms with Crippen molar-refractivity contribution in [3.8, 4) is 23.0 Å². The van der Waals surface area contributed by atoms with Crippen LogP contribution >= 0.6 is 11.3 Å². The molecule has 6 rings (SSSR count). The second-order valence-electron chi connectivity index (χ2n) is 8.53. The normalized spacial score (nSPS) is 16.5. The summed E-state index contributed by atoms with van der Waals surface area (Å²) in [6.45, 7) is 2.93. The van der Waals surface area contributed by atoms with Gasteiger partial charge in [-0.25, -0.2) is 19.6 Å². The fourth-order valence-electron chi connectivity index (χ4n) is 4.69. The van der Waals surface area contributed by atoms with Gasteiger partial charge in [-0.2, -0.15) is 5.10 Å². The molecule has 0 amide bonds. The zero-order valence-electron chi connectivity index (χ0n) is 19.0. The number of nitrogens with zero attached hydrogens (tertiary/aromatic N) is 8. The Kier molecular flexibility index (Phi) is 5.05. The van der Waals surface area contributed by atoms with Crippen molar-refractivity contribution in [2.75, 3.05) is 18.6 Å². The summed E-state index contributed by atoms with van der Waals surface area (Å²) >= 11 is 1.54. The van der Waals surface area contributed by atoms with Gasteiger partial charge in [0.25, 0.3) is 0 Å². The van der Waals surface area contributed by atoms with Crippen LogP contribution in [0, 0.1) is 6.92 Å². The number of hydrogen-bond donors (Lipinski definition) is 1. The number of pyridine rings is 1. The molecule has 5 heterocycles. The fourth-order valence-corrected chi connectivity index (χ4v) is 5.50. The van der Waals surface area contributed by atoms with Crippen LogP contribution in [0.25, 0.3) is 17.1 Å². The van der Waals surface area contributed by atoms with E-state index in [1.165, 1.54) is 16.9 Å². The van der Waals surface area contributed by atoms with Gasteiger partial charge in [0, 0.05) is 17.1 Å². The van der Waals surface area contributed by atoms with E-state index in [2.05, 4.69) is 15.0 Å². The summed E-state index contributed by atoms with van der Waals surface area (Å²) in [6.07, 6.45) is 8.00. The molecule has 0 aromatic carbocycles. The van der Waals surface area contributed by atoms with Crippen LogP contribution in [0.5, 0.6) is 5.88 Å². The first kappa shape index (κ1) is 20.8. The highest BCUT2D eigenvalue weighted by Crippen LogP contribution is 2.39. The number of oxime groups is 1. The van der Waals surface area contributed by atoms with Crippen molar-refractivity contribution in [1.29, 1.82) is 0 Å². The van der Waals surface area contributed by atoms with Crippen molar-refractivity contribution in [3.63, 3.8) is 0 Å². The summed E-state index contributed by atoms with van der Waals surface area (Å²) in [5.74, 6) is 1.57. The molecule has 174 valence electrons. The molecule has 0 saturated heterocycles.